The number of nitrogens with one attached hydrogen (secondary N) is 1. The fourth-order valence-electron chi connectivity index (χ4n) is 4.25. The molecule has 0 atom stereocenters. The summed E-state index contributed by atoms with van der Waals surface area (Å²) in [6, 6.07) is 1.95. The number of pyridine rings is 1. The number of nitrogens with zero attached hydrogens (tertiary/aromatic N) is 4. The molecule has 0 aromatic carbocycles. The molecule has 0 aliphatic carbocycles. The molecule has 2 saturated heterocycles. The van der Waals surface area contributed by atoms with Gasteiger partial charge in [0.25, 0.3) is 0 Å². The van der Waals surface area contributed by atoms with Crippen LogP contribution in [0, 0.1) is 6.92 Å². The summed E-state index contributed by atoms with van der Waals surface area (Å²) in [6.07, 6.45) is 8.14. The van der Waals surface area contributed by atoms with Gasteiger partial charge in [-0.2, -0.15) is 5.10 Å². The molecule has 32 heavy (non-hydrogen) atoms. The van der Waals surface area contributed by atoms with Crippen LogP contribution in [0.25, 0.3) is 5.70 Å². The molecule has 0 spiro atoms. The van der Waals surface area contributed by atoms with Gasteiger partial charge in [0.15, 0.2) is 0 Å². The van der Waals surface area contributed by atoms with Gasteiger partial charge in [-0.1, -0.05) is 0 Å². The fourth-order valence-corrected chi connectivity index (χ4v) is 4.25. The van der Waals surface area contributed by atoms with Gasteiger partial charge in [0, 0.05) is 35.2 Å². The van der Waals surface area contributed by atoms with E-state index >= 15 is 0 Å². The second-order valence-electron chi connectivity index (χ2n) is 8.48. The molecule has 172 valence electrons. The smallest absolute Gasteiger partial charge is 0.216 e. The van der Waals surface area contributed by atoms with Crippen molar-refractivity contribution < 1.29 is 14.6 Å². The minimum absolute atomic E-state index is 0.456. The highest BCUT2D eigenvalue weighted by atomic mass is 16.5. The molecule has 0 unspecified atom stereocenters. The van der Waals surface area contributed by atoms with Crippen LogP contribution < -0.4 is 15.8 Å². The van der Waals surface area contributed by atoms with Crippen molar-refractivity contribution in [1.82, 2.24) is 20.1 Å². The Balaban J connectivity index is 1.61. The third-order valence-corrected chi connectivity index (χ3v) is 6.06. The summed E-state index contributed by atoms with van der Waals surface area (Å²) in [4.78, 5) is 9.19. The van der Waals surface area contributed by atoms with Crippen molar-refractivity contribution in [1.29, 1.82) is 0 Å². The van der Waals surface area contributed by atoms with Gasteiger partial charge < -0.3 is 25.6 Å². The van der Waals surface area contributed by atoms with E-state index in [0.717, 1.165) is 41.2 Å². The van der Waals surface area contributed by atoms with Crippen LogP contribution in [0.3, 0.4) is 0 Å². The van der Waals surface area contributed by atoms with Crippen LogP contribution in [0.1, 0.15) is 36.8 Å². The number of hydrogen-bond acceptors (Lipinski definition) is 8. The van der Waals surface area contributed by atoms with E-state index in [9.17, 15) is 5.11 Å². The Bertz CT molecular complexity index is 1010. The lowest BCUT2D eigenvalue weighted by Crippen LogP contribution is -2.44. The molecule has 4 rings (SSSR count). The standard InChI is InChI=1S/C23H32N6O3/c1-16-11-18(13-26-22(16)31-2)28-20-4-10-32-9-3-19(20)21(24)17-12-27-29(14-17)15-23(30)5-7-25-8-6-23/h11-14,25,30H,3-10,15,24H2,1-2H3. The first kappa shape index (κ1) is 22.4. The molecule has 0 bridgehead atoms. The van der Waals surface area contributed by atoms with Gasteiger partial charge in [0.2, 0.25) is 5.88 Å². The van der Waals surface area contributed by atoms with Crippen molar-refractivity contribution in [3.05, 3.63) is 41.4 Å². The number of aromatic nitrogens is 3. The minimum atomic E-state index is -0.738. The fraction of sp³-hybridized carbons (Fsp3) is 0.522. The highest BCUT2D eigenvalue weighted by molar-refractivity contribution is 6.07. The molecule has 0 radical (unpaired) electrons. The van der Waals surface area contributed by atoms with Gasteiger partial charge in [-0.3, -0.25) is 9.67 Å². The van der Waals surface area contributed by atoms with Crippen molar-refractivity contribution in [3.63, 3.8) is 0 Å². The summed E-state index contributed by atoms with van der Waals surface area (Å²) in [5.41, 5.74) is 10.9. The Morgan fingerprint density at radius 1 is 1.31 bits per heavy atom. The SMILES string of the molecule is COc1ncc(N=C2CCOCCC2=C(N)c2cnn(CC3(O)CCNCC3)c2)cc1C. The Labute approximate surface area is 188 Å². The quantitative estimate of drug-likeness (QED) is 0.650. The zero-order valence-electron chi connectivity index (χ0n) is 18.8. The first-order valence-corrected chi connectivity index (χ1v) is 11.1. The van der Waals surface area contributed by atoms with Gasteiger partial charge in [0.1, 0.15) is 0 Å². The van der Waals surface area contributed by atoms with Gasteiger partial charge in [-0.15, -0.1) is 0 Å². The van der Waals surface area contributed by atoms with E-state index in [1.807, 2.05) is 19.2 Å². The third kappa shape index (κ3) is 5.17. The summed E-state index contributed by atoms with van der Waals surface area (Å²) in [5, 5.41) is 18.6. The van der Waals surface area contributed by atoms with Crippen LogP contribution in [0.4, 0.5) is 5.69 Å². The summed E-state index contributed by atoms with van der Waals surface area (Å²) >= 11 is 0. The number of aliphatic hydroxyl groups is 1. The number of hydrogen-bond donors (Lipinski definition) is 3. The highest BCUT2D eigenvalue weighted by Crippen LogP contribution is 2.27. The summed E-state index contributed by atoms with van der Waals surface area (Å²) < 4.78 is 12.7. The number of piperidine rings is 1. The molecule has 2 aromatic heterocycles. The number of methoxy groups -OCH3 is 1. The van der Waals surface area contributed by atoms with E-state index in [2.05, 4.69) is 15.4 Å². The lowest BCUT2D eigenvalue weighted by atomic mass is 9.92. The van der Waals surface area contributed by atoms with Crippen molar-refractivity contribution in [3.8, 4) is 5.88 Å². The van der Waals surface area contributed by atoms with Crippen molar-refractivity contribution in [2.45, 2.75) is 44.8 Å². The van der Waals surface area contributed by atoms with Crippen LogP contribution in [0.5, 0.6) is 5.88 Å². The summed E-state index contributed by atoms with van der Waals surface area (Å²) in [6.45, 7) is 5.22. The van der Waals surface area contributed by atoms with Gasteiger partial charge >= 0.3 is 0 Å². The van der Waals surface area contributed by atoms with Crippen LogP contribution in [-0.4, -0.2) is 64.6 Å². The monoisotopic (exact) mass is 440 g/mol. The first-order valence-electron chi connectivity index (χ1n) is 11.1. The Kier molecular flexibility index (Phi) is 6.88. The van der Waals surface area contributed by atoms with Crippen LogP contribution in [0.2, 0.25) is 0 Å². The molecule has 2 aliphatic heterocycles. The van der Waals surface area contributed by atoms with Crippen molar-refractivity contribution in [2.24, 2.45) is 10.7 Å². The predicted octanol–water partition coefficient (Wildman–Crippen LogP) is 1.96. The van der Waals surface area contributed by atoms with Crippen LogP contribution in [0.15, 0.2) is 35.2 Å². The second kappa shape index (κ2) is 9.81. The second-order valence-corrected chi connectivity index (χ2v) is 8.48. The average Bonchev–Trinajstić information content (AvgIpc) is 3.11. The van der Waals surface area contributed by atoms with E-state index in [-0.39, 0.29) is 0 Å². The lowest BCUT2D eigenvalue weighted by Gasteiger charge is -2.32. The molecular formula is C23H32N6O3. The van der Waals surface area contributed by atoms with Gasteiger partial charge in [-0.25, -0.2) is 4.98 Å². The number of nitrogens with two attached hydrogens (primary N) is 1. The number of aliphatic imine (C=N–C) groups is 1. The number of aryl methyl sites for hydroxylation is 1. The number of rotatable bonds is 5. The molecule has 4 heterocycles. The Hall–Kier alpha value is -2.75. The molecule has 9 nitrogen and oxygen atoms in total. The maximum atomic E-state index is 10.8. The van der Waals surface area contributed by atoms with E-state index < -0.39 is 5.60 Å². The zero-order chi connectivity index (χ0) is 22.6. The van der Waals surface area contributed by atoms with E-state index in [1.54, 1.807) is 24.2 Å². The molecule has 2 aromatic rings. The van der Waals surface area contributed by atoms with E-state index in [0.29, 0.717) is 57.0 Å². The van der Waals surface area contributed by atoms with Crippen molar-refractivity contribution in [2.75, 3.05) is 33.4 Å². The topological polar surface area (TPSA) is 120 Å². The summed E-state index contributed by atoms with van der Waals surface area (Å²) in [5.74, 6) is 0.594. The maximum absolute atomic E-state index is 10.8. The normalized spacial score (nSPS) is 21.9. The summed E-state index contributed by atoms with van der Waals surface area (Å²) in [7, 11) is 1.61. The van der Waals surface area contributed by atoms with E-state index in [1.165, 1.54) is 0 Å². The Morgan fingerprint density at radius 2 is 2.09 bits per heavy atom. The Morgan fingerprint density at radius 3 is 2.84 bits per heavy atom. The third-order valence-electron chi connectivity index (χ3n) is 6.06. The number of ether oxygens (including phenoxy) is 2. The van der Waals surface area contributed by atoms with Crippen molar-refractivity contribution >= 4 is 17.1 Å². The van der Waals surface area contributed by atoms with Gasteiger partial charge in [0.05, 0.1) is 50.6 Å². The minimum Gasteiger partial charge on any atom is -0.481 e. The molecular weight excluding hydrogens is 408 g/mol. The van der Waals surface area contributed by atoms with E-state index in [4.69, 9.17) is 20.2 Å². The lowest BCUT2D eigenvalue weighted by molar-refractivity contribution is -0.00823. The van der Waals surface area contributed by atoms with Gasteiger partial charge in [-0.05, 0) is 50.9 Å². The zero-order valence-corrected chi connectivity index (χ0v) is 18.8. The largest absolute Gasteiger partial charge is 0.481 e. The first-order chi connectivity index (χ1) is 15.5. The maximum Gasteiger partial charge on any atom is 0.216 e. The molecule has 4 N–H and O–H groups in total. The molecule has 0 amide bonds. The van der Waals surface area contributed by atoms with Crippen LogP contribution in [-0.2, 0) is 11.3 Å². The molecule has 2 aliphatic rings. The molecule has 2 fully saturated rings. The molecule has 0 saturated carbocycles. The molecule has 9 heteroatoms. The average molecular weight is 441 g/mol. The predicted molar refractivity (Wildman–Crippen MR) is 123 cm³/mol. The van der Waals surface area contributed by atoms with Crippen LogP contribution >= 0.6 is 0 Å². The highest BCUT2D eigenvalue weighted by Gasteiger charge is 2.30.